The summed E-state index contributed by atoms with van der Waals surface area (Å²) in [5, 5.41) is 11.1. The van der Waals surface area contributed by atoms with Gasteiger partial charge in [-0.1, -0.05) is 46.4 Å². The topological polar surface area (TPSA) is 32.7 Å². The normalized spacial score (nSPS) is 14.0. The van der Waals surface area contributed by atoms with Gasteiger partial charge in [-0.2, -0.15) is 0 Å². The molecule has 0 amide bonds. The van der Waals surface area contributed by atoms with Crippen LogP contribution in [0, 0.1) is 7.14 Å². The van der Waals surface area contributed by atoms with E-state index in [0.29, 0.717) is 21.7 Å². The average molecular weight is 675 g/mol. The first kappa shape index (κ1) is 23.9. The number of likely N-dealkylation sites (tertiary alicyclic amines) is 1. The minimum absolute atomic E-state index is 0.0652. The summed E-state index contributed by atoms with van der Waals surface area (Å²) in [5.41, 5.74) is 0. The summed E-state index contributed by atoms with van der Waals surface area (Å²) < 4.78 is 7.45. The van der Waals surface area contributed by atoms with Crippen molar-refractivity contribution in [2.24, 2.45) is 0 Å². The zero-order valence-corrected chi connectivity index (χ0v) is 21.5. The summed E-state index contributed by atoms with van der Waals surface area (Å²) in [6, 6.07) is 6.65. The van der Waals surface area contributed by atoms with Crippen molar-refractivity contribution >= 4 is 91.6 Å². The highest BCUT2D eigenvalue weighted by Gasteiger charge is 2.12. The first-order valence-corrected chi connectivity index (χ1v) is 11.8. The van der Waals surface area contributed by atoms with Crippen LogP contribution in [0.25, 0.3) is 0 Å². The van der Waals surface area contributed by atoms with Crippen LogP contribution in [0.4, 0.5) is 0 Å². The van der Waals surface area contributed by atoms with Gasteiger partial charge in [0, 0.05) is 13.7 Å². The van der Waals surface area contributed by atoms with Gasteiger partial charge in [0.05, 0.1) is 20.1 Å². The monoisotopic (exact) mass is 673 g/mol. The van der Waals surface area contributed by atoms with Crippen LogP contribution in [0.15, 0.2) is 24.3 Å². The van der Waals surface area contributed by atoms with Gasteiger partial charge < -0.3 is 9.84 Å². The fourth-order valence-corrected chi connectivity index (χ4v) is 4.13. The van der Waals surface area contributed by atoms with Gasteiger partial charge >= 0.3 is 0 Å². The molecule has 3 nitrogen and oxygen atoms in total. The predicted octanol–water partition coefficient (Wildman–Crippen LogP) is 7.38. The molecule has 0 aromatic heterocycles. The number of nitrogens with zero attached hydrogens (tertiary/aromatic N) is 1. The number of phenolic OH excluding ortho intramolecular Hbond substituents is 1. The van der Waals surface area contributed by atoms with E-state index in [1.807, 2.05) is 28.7 Å². The summed E-state index contributed by atoms with van der Waals surface area (Å²) >= 11 is 27.5. The van der Waals surface area contributed by atoms with Gasteiger partial charge in [0.25, 0.3) is 0 Å². The van der Waals surface area contributed by atoms with Gasteiger partial charge in [-0.05, 0) is 95.4 Å². The van der Waals surface area contributed by atoms with E-state index < -0.39 is 0 Å². The van der Waals surface area contributed by atoms with E-state index in [0.717, 1.165) is 19.4 Å². The van der Waals surface area contributed by atoms with Crippen molar-refractivity contribution in [3.63, 3.8) is 0 Å². The fourth-order valence-electron chi connectivity index (χ4n) is 2.42. The summed E-state index contributed by atoms with van der Waals surface area (Å²) in [5.74, 6) is 0.787. The molecule has 1 saturated heterocycles. The molecule has 0 aliphatic carbocycles. The fraction of sp³-hybridized carbons (Fsp3) is 0.333. The van der Waals surface area contributed by atoms with Crippen LogP contribution in [-0.4, -0.2) is 36.2 Å². The van der Waals surface area contributed by atoms with Crippen molar-refractivity contribution in [2.45, 2.75) is 12.8 Å². The summed E-state index contributed by atoms with van der Waals surface area (Å²) in [6.45, 7) is 4.03. The molecule has 0 radical (unpaired) electrons. The molecule has 0 spiro atoms. The van der Waals surface area contributed by atoms with E-state index in [4.69, 9.17) is 56.2 Å². The Labute approximate surface area is 206 Å². The number of hydrogen-bond donors (Lipinski definition) is 1. The molecular formula is C18H17Cl4I2NO2. The van der Waals surface area contributed by atoms with E-state index in [1.54, 1.807) is 6.07 Å². The molecule has 27 heavy (non-hydrogen) atoms. The largest absolute Gasteiger partial charge is 0.506 e. The molecule has 3 rings (SSSR count). The molecule has 148 valence electrons. The standard InChI is InChI=1S/C12H14Cl2INO.C6H3Cl2IO/c13-9-7-10(14)12(8-11(9)15)17-6-5-16-3-1-2-4-16;7-3-1-4(8)6(10)2-5(3)9/h7-8H,1-6H2;1-2,10H. The highest BCUT2D eigenvalue weighted by atomic mass is 127. The molecule has 1 N–H and O–H groups in total. The van der Waals surface area contributed by atoms with Crippen LogP contribution in [0.5, 0.6) is 11.5 Å². The van der Waals surface area contributed by atoms with Gasteiger partial charge in [0.15, 0.2) is 0 Å². The first-order chi connectivity index (χ1) is 12.8. The minimum Gasteiger partial charge on any atom is -0.506 e. The summed E-state index contributed by atoms with van der Waals surface area (Å²) in [4.78, 5) is 2.41. The number of benzene rings is 2. The molecule has 1 aliphatic heterocycles. The smallest absolute Gasteiger partial charge is 0.139 e. The van der Waals surface area contributed by atoms with Gasteiger partial charge in [-0.15, -0.1) is 0 Å². The Bertz CT molecular complexity index is 736. The molecule has 2 aromatic rings. The maximum absolute atomic E-state index is 9.03. The Morgan fingerprint density at radius 1 is 0.852 bits per heavy atom. The average Bonchev–Trinajstić information content (AvgIpc) is 3.12. The lowest BCUT2D eigenvalue weighted by atomic mass is 10.3. The maximum atomic E-state index is 9.03. The van der Waals surface area contributed by atoms with Gasteiger partial charge in [-0.3, -0.25) is 4.90 Å². The summed E-state index contributed by atoms with van der Waals surface area (Å²) in [7, 11) is 0. The van der Waals surface area contributed by atoms with Crippen LogP contribution in [0.3, 0.4) is 0 Å². The van der Waals surface area contributed by atoms with Crippen LogP contribution >= 0.6 is 91.6 Å². The van der Waals surface area contributed by atoms with Crippen LogP contribution < -0.4 is 4.74 Å². The third-order valence-electron chi connectivity index (χ3n) is 3.83. The minimum atomic E-state index is 0.0652. The van der Waals surface area contributed by atoms with Crippen LogP contribution in [0.2, 0.25) is 20.1 Å². The van der Waals surface area contributed by atoms with Crippen molar-refractivity contribution in [3.8, 4) is 11.5 Å². The molecule has 0 atom stereocenters. The number of ether oxygens (including phenoxy) is 1. The Hall–Kier alpha value is 0.620. The molecule has 1 aliphatic rings. The lowest BCUT2D eigenvalue weighted by molar-refractivity contribution is 0.238. The lowest BCUT2D eigenvalue weighted by Crippen LogP contribution is -2.25. The zero-order valence-electron chi connectivity index (χ0n) is 14.1. The van der Waals surface area contributed by atoms with Crippen molar-refractivity contribution in [2.75, 3.05) is 26.2 Å². The van der Waals surface area contributed by atoms with Crippen molar-refractivity contribution in [1.82, 2.24) is 4.90 Å². The molecule has 2 aromatic carbocycles. The first-order valence-electron chi connectivity index (χ1n) is 8.11. The van der Waals surface area contributed by atoms with Crippen LogP contribution in [-0.2, 0) is 0 Å². The Morgan fingerprint density at radius 3 is 2.00 bits per heavy atom. The zero-order chi connectivity index (χ0) is 20.0. The number of phenols is 1. The van der Waals surface area contributed by atoms with E-state index in [-0.39, 0.29) is 10.8 Å². The highest BCUT2D eigenvalue weighted by Crippen LogP contribution is 2.32. The molecule has 9 heteroatoms. The van der Waals surface area contributed by atoms with Crippen molar-refractivity contribution in [1.29, 1.82) is 0 Å². The second-order valence-corrected chi connectivity index (χ2v) is 9.76. The van der Waals surface area contributed by atoms with Gasteiger partial charge in [0.2, 0.25) is 0 Å². The number of rotatable bonds is 4. The van der Waals surface area contributed by atoms with Crippen LogP contribution in [0.1, 0.15) is 12.8 Å². The van der Waals surface area contributed by atoms with Gasteiger partial charge in [-0.25, -0.2) is 0 Å². The number of halogens is 6. The van der Waals surface area contributed by atoms with E-state index in [2.05, 4.69) is 27.5 Å². The molecular weight excluding hydrogens is 658 g/mol. The number of hydrogen-bond acceptors (Lipinski definition) is 3. The molecule has 0 saturated carbocycles. The van der Waals surface area contributed by atoms with E-state index in [9.17, 15) is 0 Å². The number of aromatic hydroxyl groups is 1. The Morgan fingerprint density at radius 2 is 1.41 bits per heavy atom. The quantitative estimate of drug-likeness (QED) is 0.272. The molecule has 1 heterocycles. The summed E-state index contributed by atoms with van der Waals surface area (Å²) in [6.07, 6.45) is 2.61. The Kier molecular flexibility index (Phi) is 10.4. The Balaban J connectivity index is 0.000000223. The molecule has 0 unspecified atom stereocenters. The molecule has 1 fully saturated rings. The third-order valence-corrected chi connectivity index (χ3v) is 7.47. The SMILES string of the molecule is Clc1cc(Cl)c(OCCN2CCCC2)cc1I.Oc1cc(I)c(Cl)cc1Cl. The molecule has 0 bridgehead atoms. The van der Waals surface area contributed by atoms with Gasteiger partial charge in [0.1, 0.15) is 18.1 Å². The van der Waals surface area contributed by atoms with E-state index in [1.165, 1.54) is 38.1 Å². The second kappa shape index (κ2) is 11.7. The second-order valence-electron chi connectivity index (χ2n) is 5.81. The van der Waals surface area contributed by atoms with Crippen molar-refractivity contribution < 1.29 is 9.84 Å². The third kappa shape index (κ3) is 7.75. The van der Waals surface area contributed by atoms with E-state index >= 15 is 0 Å². The maximum Gasteiger partial charge on any atom is 0.139 e. The highest BCUT2D eigenvalue weighted by molar-refractivity contribution is 14.1. The van der Waals surface area contributed by atoms with Crippen molar-refractivity contribution in [3.05, 3.63) is 51.5 Å². The predicted molar refractivity (Wildman–Crippen MR) is 131 cm³/mol. The lowest BCUT2D eigenvalue weighted by Gasteiger charge is -2.15.